The number of hydrogen-bond acceptors (Lipinski definition) is 4. The number of halogens is 1. The van der Waals surface area contributed by atoms with E-state index in [2.05, 4.69) is 15.3 Å². The lowest BCUT2D eigenvalue weighted by atomic mass is 10.1. The molecular weight excluding hydrogens is 412 g/mol. The third kappa shape index (κ3) is 4.49. The van der Waals surface area contributed by atoms with Gasteiger partial charge in [-0.15, -0.1) is 0 Å². The van der Waals surface area contributed by atoms with Crippen molar-refractivity contribution in [3.8, 4) is 11.3 Å². The van der Waals surface area contributed by atoms with Crippen LogP contribution >= 0.6 is 11.6 Å². The maximum atomic E-state index is 13.0. The molecule has 2 aromatic carbocycles. The highest BCUT2D eigenvalue weighted by Gasteiger charge is 2.14. The molecule has 0 aliphatic heterocycles. The molecule has 0 fully saturated rings. The van der Waals surface area contributed by atoms with Gasteiger partial charge >= 0.3 is 0 Å². The molecule has 0 spiro atoms. The molecule has 0 aliphatic rings. The van der Waals surface area contributed by atoms with Crippen molar-refractivity contribution in [2.24, 2.45) is 0 Å². The fourth-order valence-corrected chi connectivity index (χ4v) is 3.62. The van der Waals surface area contributed by atoms with E-state index in [1.807, 2.05) is 31.2 Å². The van der Waals surface area contributed by atoms with E-state index in [1.165, 1.54) is 0 Å². The van der Waals surface area contributed by atoms with Crippen LogP contribution in [0.25, 0.3) is 22.4 Å². The highest BCUT2D eigenvalue weighted by molar-refractivity contribution is 6.30. The van der Waals surface area contributed by atoms with Crippen molar-refractivity contribution in [3.63, 3.8) is 0 Å². The standard InChI is InChI=1S/C24H21ClN4O2/c1-2-13-29-22-20(7-4-12-26-22)28-21(24(29)31)17-8-10-18(11-9-17)23(30)27-15-16-5-3-6-19(25)14-16/h3-12,14H,2,13,15H2,1H3,(H,27,30). The van der Waals surface area contributed by atoms with E-state index in [9.17, 15) is 9.59 Å². The molecule has 4 aromatic rings. The van der Waals surface area contributed by atoms with Crippen LogP contribution < -0.4 is 10.9 Å². The van der Waals surface area contributed by atoms with Gasteiger partial charge in [-0.1, -0.05) is 42.8 Å². The Morgan fingerprint density at radius 1 is 1.10 bits per heavy atom. The summed E-state index contributed by atoms with van der Waals surface area (Å²) in [5.74, 6) is -0.203. The zero-order valence-electron chi connectivity index (χ0n) is 17.0. The van der Waals surface area contributed by atoms with Crippen LogP contribution in [-0.2, 0) is 13.1 Å². The van der Waals surface area contributed by atoms with Crippen LogP contribution in [-0.4, -0.2) is 20.4 Å². The first kappa shape index (κ1) is 20.8. The van der Waals surface area contributed by atoms with Gasteiger partial charge in [-0.3, -0.25) is 14.2 Å². The van der Waals surface area contributed by atoms with Crippen molar-refractivity contribution >= 4 is 28.7 Å². The molecular formula is C24H21ClN4O2. The highest BCUT2D eigenvalue weighted by Crippen LogP contribution is 2.18. The lowest BCUT2D eigenvalue weighted by molar-refractivity contribution is 0.0951. The van der Waals surface area contributed by atoms with E-state index in [1.54, 1.807) is 47.2 Å². The van der Waals surface area contributed by atoms with Crippen molar-refractivity contribution in [1.82, 2.24) is 19.9 Å². The number of benzene rings is 2. The van der Waals surface area contributed by atoms with Gasteiger partial charge in [-0.2, -0.15) is 0 Å². The highest BCUT2D eigenvalue weighted by atomic mass is 35.5. The summed E-state index contributed by atoms with van der Waals surface area (Å²) >= 11 is 5.98. The van der Waals surface area contributed by atoms with Crippen molar-refractivity contribution in [1.29, 1.82) is 0 Å². The van der Waals surface area contributed by atoms with Gasteiger partial charge < -0.3 is 5.32 Å². The predicted molar refractivity (Wildman–Crippen MR) is 122 cm³/mol. The van der Waals surface area contributed by atoms with Crippen molar-refractivity contribution in [3.05, 3.63) is 93.4 Å². The number of aryl methyl sites for hydroxylation is 1. The zero-order chi connectivity index (χ0) is 21.8. The van der Waals surface area contributed by atoms with Gasteiger partial charge in [0.25, 0.3) is 11.5 Å². The maximum Gasteiger partial charge on any atom is 0.278 e. The third-order valence-corrected chi connectivity index (χ3v) is 5.15. The summed E-state index contributed by atoms with van der Waals surface area (Å²) in [5, 5.41) is 3.50. The van der Waals surface area contributed by atoms with Gasteiger partial charge in [0, 0.05) is 35.4 Å². The minimum absolute atomic E-state index is 0.189. The number of amides is 1. The maximum absolute atomic E-state index is 13.0. The monoisotopic (exact) mass is 432 g/mol. The molecule has 0 saturated carbocycles. The number of rotatable bonds is 6. The summed E-state index contributed by atoms with van der Waals surface area (Å²) in [6.07, 6.45) is 2.47. The van der Waals surface area contributed by atoms with Crippen LogP contribution in [0.2, 0.25) is 5.02 Å². The number of aromatic nitrogens is 3. The second-order valence-electron chi connectivity index (χ2n) is 7.15. The predicted octanol–water partition coefficient (Wildman–Crippen LogP) is 4.45. The largest absolute Gasteiger partial charge is 0.348 e. The SMILES string of the molecule is CCCn1c(=O)c(-c2ccc(C(=O)NCc3cccc(Cl)c3)cc2)nc2cccnc21. The molecule has 0 saturated heterocycles. The Labute approximate surface area is 184 Å². The lowest BCUT2D eigenvalue weighted by Gasteiger charge is -2.11. The molecule has 7 heteroatoms. The first-order chi connectivity index (χ1) is 15.1. The van der Waals surface area contributed by atoms with E-state index in [-0.39, 0.29) is 11.5 Å². The van der Waals surface area contributed by atoms with E-state index < -0.39 is 0 Å². The molecule has 0 radical (unpaired) electrons. The number of nitrogens with zero attached hydrogens (tertiary/aromatic N) is 3. The van der Waals surface area contributed by atoms with Gasteiger partial charge in [-0.25, -0.2) is 9.97 Å². The number of hydrogen-bond donors (Lipinski definition) is 1. The van der Waals surface area contributed by atoms with Crippen LogP contribution in [0.5, 0.6) is 0 Å². The van der Waals surface area contributed by atoms with E-state index >= 15 is 0 Å². The number of fused-ring (bicyclic) bond motifs is 1. The van der Waals surface area contributed by atoms with Crippen LogP contribution in [0.4, 0.5) is 0 Å². The minimum Gasteiger partial charge on any atom is -0.348 e. The average Bonchev–Trinajstić information content (AvgIpc) is 2.79. The lowest BCUT2D eigenvalue weighted by Crippen LogP contribution is -2.24. The van der Waals surface area contributed by atoms with Gasteiger partial charge in [0.15, 0.2) is 5.65 Å². The molecule has 0 aliphatic carbocycles. The molecule has 4 rings (SSSR count). The van der Waals surface area contributed by atoms with Crippen molar-refractivity contribution in [2.75, 3.05) is 0 Å². The summed E-state index contributed by atoms with van der Waals surface area (Å²) in [5.41, 5.74) is 3.48. The fourth-order valence-electron chi connectivity index (χ4n) is 3.41. The molecule has 0 bridgehead atoms. The first-order valence-electron chi connectivity index (χ1n) is 10.1. The van der Waals surface area contributed by atoms with Crippen LogP contribution in [0.15, 0.2) is 71.7 Å². The van der Waals surface area contributed by atoms with Crippen LogP contribution in [0.1, 0.15) is 29.3 Å². The smallest absolute Gasteiger partial charge is 0.278 e. The summed E-state index contributed by atoms with van der Waals surface area (Å²) < 4.78 is 1.66. The Hall–Kier alpha value is -3.51. The number of pyridine rings is 1. The van der Waals surface area contributed by atoms with E-state index in [0.717, 1.165) is 12.0 Å². The third-order valence-electron chi connectivity index (χ3n) is 4.91. The zero-order valence-corrected chi connectivity index (χ0v) is 17.8. The first-order valence-corrected chi connectivity index (χ1v) is 10.4. The molecule has 0 atom stereocenters. The Kier molecular flexibility index (Phi) is 6.09. The summed E-state index contributed by atoms with van der Waals surface area (Å²) in [6, 6.07) is 17.9. The van der Waals surface area contributed by atoms with Gasteiger partial charge in [0.1, 0.15) is 11.2 Å². The molecule has 1 amide bonds. The molecule has 2 heterocycles. The molecule has 31 heavy (non-hydrogen) atoms. The van der Waals surface area contributed by atoms with Crippen LogP contribution in [0, 0.1) is 0 Å². The van der Waals surface area contributed by atoms with Crippen molar-refractivity contribution in [2.45, 2.75) is 26.4 Å². The van der Waals surface area contributed by atoms with Gasteiger partial charge in [0.05, 0.1) is 0 Å². The summed E-state index contributed by atoms with van der Waals surface area (Å²) in [6.45, 7) is 2.95. The number of nitrogens with one attached hydrogen (secondary N) is 1. The fraction of sp³-hybridized carbons (Fsp3) is 0.167. The Bertz CT molecular complexity index is 1300. The van der Waals surface area contributed by atoms with E-state index in [0.29, 0.717) is 46.1 Å². The average molecular weight is 433 g/mol. The summed E-state index contributed by atoms with van der Waals surface area (Å²) in [7, 11) is 0. The second kappa shape index (κ2) is 9.10. The topological polar surface area (TPSA) is 76.9 Å². The van der Waals surface area contributed by atoms with Gasteiger partial charge in [0.2, 0.25) is 0 Å². The van der Waals surface area contributed by atoms with Crippen LogP contribution in [0.3, 0.4) is 0 Å². The molecule has 0 unspecified atom stereocenters. The van der Waals surface area contributed by atoms with E-state index in [4.69, 9.17) is 11.6 Å². The second-order valence-corrected chi connectivity index (χ2v) is 7.59. The molecule has 6 nitrogen and oxygen atoms in total. The molecule has 1 N–H and O–H groups in total. The quantitative estimate of drug-likeness (QED) is 0.488. The number of carbonyl (C=O) groups excluding carboxylic acids is 1. The Balaban J connectivity index is 1.59. The molecule has 2 aromatic heterocycles. The normalized spacial score (nSPS) is 10.9. The minimum atomic E-state index is -0.203. The Morgan fingerprint density at radius 3 is 2.65 bits per heavy atom. The van der Waals surface area contributed by atoms with Gasteiger partial charge in [-0.05, 0) is 48.4 Å². The van der Waals surface area contributed by atoms with Crippen molar-refractivity contribution < 1.29 is 4.79 Å². The number of carbonyl (C=O) groups is 1. The molecule has 156 valence electrons. The summed E-state index contributed by atoms with van der Waals surface area (Å²) in [4.78, 5) is 34.4. The Morgan fingerprint density at radius 2 is 1.90 bits per heavy atom.